The Morgan fingerprint density at radius 3 is 2.00 bits per heavy atom. The summed E-state index contributed by atoms with van der Waals surface area (Å²) in [4.78, 5) is 35.1. The fraction of sp³-hybridized carbons (Fsp3) is 0.0909. The summed E-state index contributed by atoms with van der Waals surface area (Å²) in [5.41, 5.74) is -0.293. The number of nitro benzene ring substituents is 1. The number of carbonyl (C=O) groups excluding carboxylic acids is 1. The molecule has 3 rings (SSSR count). The van der Waals surface area contributed by atoms with E-state index in [-0.39, 0.29) is 27.4 Å². The Labute approximate surface area is 183 Å². The topological polar surface area (TPSA) is 135 Å². The molecule has 0 aromatic heterocycles. The lowest BCUT2D eigenvalue weighted by Crippen LogP contribution is -2.37. The van der Waals surface area contributed by atoms with Gasteiger partial charge in [-0.15, -0.1) is 0 Å². The van der Waals surface area contributed by atoms with Crippen molar-refractivity contribution >= 4 is 33.3 Å². The van der Waals surface area contributed by atoms with E-state index < -0.39 is 26.8 Å². The van der Waals surface area contributed by atoms with Crippen LogP contribution in [0, 0.1) is 10.1 Å². The van der Waals surface area contributed by atoms with Crippen LogP contribution >= 0.6 is 0 Å². The number of aryl methyl sites for hydroxylation is 1. The Morgan fingerprint density at radius 1 is 0.938 bits per heavy atom. The third-order valence-corrected chi connectivity index (χ3v) is 6.46. The molecule has 0 aliphatic carbocycles. The van der Waals surface area contributed by atoms with E-state index in [1.54, 1.807) is 12.1 Å². The summed E-state index contributed by atoms with van der Waals surface area (Å²) in [5.74, 6) is -2.50. The molecule has 3 aromatic rings. The molecule has 0 aliphatic heterocycles. The van der Waals surface area contributed by atoms with Crippen molar-refractivity contribution in [2.24, 2.45) is 0 Å². The number of amides is 1. The minimum absolute atomic E-state index is 0.166. The van der Waals surface area contributed by atoms with Crippen LogP contribution in [0.1, 0.15) is 33.2 Å². The second kappa shape index (κ2) is 8.98. The molecule has 0 radical (unpaired) electrons. The number of hydrogen-bond acceptors (Lipinski definition) is 6. The van der Waals surface area contributed by atoms with Crippen molar-refractivity contribution in [1.82, 2.24) is 0 Å². The standard InChI is InChI=1S/C22H18N2O7S/c1-2-15-7-13-18(14-8-15)32(30,31)23(16-9-11-17(12-10-16)24(28)29)21(25)19-5-3-4-6-20(19)22(26)27/h3-14H,2H2,1H3,(H,26,27). The van der Waals surface area contributed by atoms with E-state index >= 15 is 0 Å². The molecule has 9 nitrogen and oxygen atoms in total. The fourth-order valence-electron chi connectivity index (χ4n) is 3.04. The van der Waals surface area contributed by atoms with Crippen LogP contribution in [-0.2, 0) is 16.4 Å². The third kappa shape index (κ3) is 4.35. The first kappa shape index (κ1) is 22.6. The highest BCUT2D eigenvalue weighted by Crippen LogP contribution is 2.29. The maximum atomic E-state index is 13.5. The zero-order valence-corrected chi connectivity index (χ0v) is 17.7. The Kier molecular flexibility index (Phi) is 6.35. The summed E-state index contributed by atoms with van der Waals surface area (Å²) in [6.45, 7) is 1.90. The molecule has 0 heterocycles. The number of carbonyl (C=O) groups is 2. The quantitative estimate of drug-likeness (QED) is 0.423. The number of non-ortho nitro benzene ring substituents is 1. The molecular weight excluding hydrogens is 436 g/mol. The van der Waals surface area contributed by atoms with Crippen LogP contribution < -0.4 is 4.31 Å². The zero-order valence-electron chi connectivity index (χ0n) is 16.8. The van der Waals surface area contributed by atoms with Gasteiger partial charge in [-0.05, 0) is 48.4 Å². The van der Waals surface area contributed by atoms with Crippen LogP contribution in [0.5, 0.6) is 0 Å². The maximum Gasteiger partial charge on any atom is 0.336 e. The molecule has 164 valence electrons. The number of hydrogen-bond donors (Lipinski definition) is 1. The normalized spacial score (nSPS) is 11.0. The molecule has 0 bridgehead atoms. The average molecular weight is 454 g/mol. The van der Waals surface area contributed by atoms with Gasteiger partial charge in [-0.25, -0.2) is 13.2 Å². The minimum Gasteiger partial charge on any atom is -0.478 e. The molecule has 0 fully saturated rings. The first-order valence-electron chi connectivity index (χ1n) is 9.42. The van der Waals surface area contributed by atoms with Crippen molar-refractivity contribution < 1.29 is 28.0 Å². The summed E-state index contributed by atoms with van der Waals surface area (Å²) >= 11 is 0. The summed E-state index contributed by atoms with van der Waals surface area (Å²) < 4.78 is 27.4. The van der Waals surface area contributed by atoms with Crippen molar-refractivity contribution in [3.8, 4) is 0 Å². The summed E-state index contributed by atoms with van der Waals surface area (Å²) in [5, 5.41) is 20.4. The molecular formula is C22H18N2O7S. The average Bonchev–Trinajstić information content (AvgIpc) is 2.79. The molecule has 1 N–H and O–H groups in total. The van der Waals surface area contributed by atoms with E-state index in [9.17, 15) is 33.2 Å². The van der Waals surface area contributed by atoms with Crippen LogP contribution in [0.4, 0.5) is 11.4 Å². The highest BCUT2D eigenvalue weighted by atomic mass is 32.2. The molecule has 1 amide bonds. The summed E-state index contributed by atoms with van der Waals surface area (Å²) in [7, 11) is -4.48. The molecule has 3 aromatic carbocycles. The number of sulfonamides is 1. The van der Waals surface area contributed by atoms with E-state index in [4.69, 9.17) is 0 Å². The number of carboxylic acid groups (broad SMARTS) is 1. The van der Waals surface area contributed by atoms with Crippen LogP contribution in [0.2, 0.25) is 0 Å². The number of nitrogens with zero attached hydrogens (tertiary/aromatic N) is 2. The second-order valence-corrected chi connectivity index (χ2v) is 8.48. The van der Waals surface area contributed by atoms with Gasteiger partial charge >= 0.3 is 5.97 Å². The molecule has 0 aliphatic rings. The van der Waals surface area contributed by atoms with Gasteiger partial charge in [0.15, 0.2) is 0 Å². The van der Waals surface area contributed by atoms with E-state index in [1.807, 2.05) is 6.92 Å². The predicted octanol–water partition coefficient (Wildman–Crippen LogP) is 3.89. The highest BCUT2D eigenvalue weighted by Gasteiger charge is 2.34. The van der Waals surface area contributed by atoms with Crippen molar-refractivity contribution in [3.63, 3.8) is 0 Å². The highest BCUT2D eigenvalue weighted by molar-refractivity contribution is 7.93. The smallest absolute Gasteiger partial charge is 0.336 e. The van der Waals surface area contributed by atoms with Crippen molar-refractivity contribution in [3.05, 3.63) is 99.6 Å². The van der Waals surface area contributed by atoms with E-state index in [0.717, 1.165) is 29.8 Å². The SMILES string of the molecule is CCc1ccc(S(=O)(=O)N(C(=O)c2ccccc2C(=O)O)c2ccc([N+](=O)[O-])cc2)cc1. The van der Waals surface area contributed by atoms with Crippen LogP contribution in [0.25, 0.3) is 0 Å². The molecule has 32 heavy (non-hydrogen) atoms. The number of rotatable bonds is 7. The number of carboxylic acids is 1. The molecule has 0 saturated carbocycles. The van der Waals surface area contributed by atoms with E-state index in [2.05, 4.69) is 0 Å². The van der Waals surface area contributed by atoms with Gasteiger partial charge in [-0.2, -0.15) is 4.31 Å². The minimum atomic E-state index is -4.48. The van der Waals surface area contributed by atoms with E-state index in [0.29, 0.717) is 10.7 Å². The van der Waals surface area contributed by atoms with Crippen molar-refractivity contribution in [2.45, 2.75) is 18.2 Å². The van der Waals surface area contributed by atoms with Gasteiger partial charge in [-0.3, -0.25) is 14.9 Å². The number of anilines is 1. The van der Waals surface area contributed by atoms with Gasteiger partial charge in [0.05, 0.1) is 26.6 Å². The van der Waals surface area contributed by atoms with Gasteiger partial charge < -0.3 is 5.11 Å². The Morgan fingerprint density at radius 2 is 1.50 bits per heavy atom. The lowest BCUT2D eigenvalue weighted by atomic mass is 10.1. The number of aromatic carboxylic acids is 1. The van der Waals surface area contributed by atoms with Gasteiger partial charge in [0, 0.05) is 12.1 Å². The Balaban J connectivity index is 2.20. The Bertz CT molecular complexity index is 1280. The van der Waals surface area contributed by atoms with Gasteiger partial charge in [0.2, 0.25) is 0 Å². The van der Waals surface area contributed by atoms with Gasteiger partial charge in [-0.1, -0.05) is 31.2 Å². The van der Waals surface area contributed by atoms with Crippen molar-refractivity contribution in [1.29, 1.82) is 0 Å². The predicted molar refractivity (Wildman–Crippen MR) is 116 cm³/mol. The lowest BCUT2D eigenvalue weighted by Gasteiger charge is -2.23. The maximum absolute atomic E-state index is 13.5. The zero-order chi connectivity index (χ0) is 23.5. The van der Waals surface area contributed by atoms with Gasteiger partial charge in [0.25, 0.3) is 21.6 Å². The lowest BCUT2D eigenvalue weighted by molar-refractivity contribution is -0.384. The third-order valence-electron chi connectivity index (χ3n) is 4.74. The monoisotopic (exact) mass is 454 g/mol. The molecule has 0 atom stereocenters. The van der Waals surface area contributed by atoms with Gasteiger partial charge in [0.1, 0.15) is 0 Å². The van der Waals surface area contributed by atoms with Crippen molar-refractivity contribution in [2.75, 3.05) is 4.31 Å². The summed E-state index contributed by atoms with van der Waals surface area (Å²) in [6, 6.07) is 15.5. The number of nitro groups is 1. The first-order valence-corrected chi connectivity index (χ1v) is 10.9. The molecule has 10 heteroatoms. The molecule has 0 unspecified atom stereocenters. The molecule has 0 saturated heterocycles. The fourth-order valence-corrected chi connectivity index (χ4v) is 4.45. The first-order chi connectivity index (χ1) is 15.2. The Hall–Kier alpha value is -4.05. The van der Waals surface area contributed by atoms with Crippen LogP contribution in [-0.4, -0.2) is 30.3 Å². The molecule has 0 spiro atoms. The van der Waals surface area contributed by atoms with Crippen LogP contribution in [0.15, 0.2) is 77.7 Å². The largest absolute Gasteiger partial charge is 0.478 e. The van der Waals surface area contributed by atoms with E-state index in [1.165, 1.54) is 36.4 Å². The van der Waals surface area contributed by atoms with Crippen LogP contribution in [0.3, 0.4) is 0 Å². The number of benzene rings is 3. The second-order valence-electron chi connectivity index (χ2n) is 6.70. The summed E-state index contributed by atoms with van der Waals surface area (Å²) in [6.07, 6.45) is 0.678.